The number of carbonyl (C=O) groups excluding carboxylic acids is 1. The summed E-state index contributed by atoms with van der Waals surface area (Å²) >= 11 is 0. The topological polar surface area (TPSA) is 63.7 Å². The summed E-state index contributed by atoms with van der Waals surface area (Å²) in [5.41, 5.74) is 2.37. The molecule has 0 saturated carbocycles. The molecule has 6 heteroatoms. The number of amides is 1. The number of ether oxygens (including phenoxy) is 2. The summed E-state index contributed by atoms with van der Waals surface area (Å²) in [6.07, 6.45) is 3.29. The molecule has 1 amide bonds. The van der Waals surface area contributed by atoms with Gasteiger partial charge in [-0.05, 0) is 42.5 Å². The molecular formula is C22H23N3O3. The Morgan fingerprint density at radius 2 is 1.71 bits per heavy atom. The van der Waals surface area contributed by atoms with Gasteiger partial charge in [0.1, 0.15) is 18.1 Å². The van der Waals surface area contributed by atoms with Crippen molar-refractivity contribution < 1.29 is 14.3 Å². The van der Waals surface area contributed by atoms with Crippen molar-refractivity contribution in [1.82, 2.24) is 10.3 Å². The van der Waals surface area contributed by atoms with Gasteiger partial charge in [0.2, 0.25) is 0 Å². The minimum absolute atomic E-state index is 0.186. The van der Waals surface area contributed by atoms with Crippen LogP contribution in [-0.4, -0.2) is 38.2 Å². The van der Waals surface area contributed by atoms with E-state index in [-0.39, 0.29) is 5.91 Å². The van der Waals surface area contributed by atoms with Crippen molar-refractivity contribution in [2.75, 3.05) is 32.2 Å². The van der Waals surface area contributed by atoms with Gasteiger partial charge in [-0.25, -0.2) is 0 Å². The van der Waals surface area contributed by atoms with Gasteiger partial charge in [-0.3, -0.25) is 9.78 Å². The quantitative estimate of drug-likeness (QED) is 0.607. The lowest BCUT2D eigenvalue weighted by molar-refractivity contribution is 0.0946. The second kappa shape index (κ2) is 9.41. The summed E-state index contributed by atoms with van der Waals surface area (Å²) in [7, 11) is 3.56. The van der Waals surface area contributed by atoms with Crippen LogP contribution < -0.4 is 19.7 Å². The molecule has 3 rings (SSSR count). The van der Waals surface area contributed by atoms with E-state index in [1.165, 1.54) is 0 Å². The van der Waals surface area contributed by atoms with E-state index in [2.05, 4.69) is 10.3 Å². The summed E-state index contributed by atoms with van der Waals surface area (Å²) in [5, 5.41) is 2.85. The molecule has 1 N–H and O–H groups in total. The second-order valence-electron chi connectivity index (χ2n) is 6.11. The highest BCUT2D eigenvalue weighted by Crippen LogP contribution is 2.23. The smallest absolute Gasteiger partial charge is 0.253 e. The summed E-state index contributed by atoms with van der Waals surface area (Å²) in [6.45, 7) is 0.763. The number of hydrogen-bond donors (Lipinski definition) is 1. The molecule has 0 saturated heterocycles. The van der Waals surface area contributed by atoms with Crippen molar-refractivity contribution in [3.8, 4) is 11.5 Å². The standard InChI is InChI=1S/C22H23N3O3/c1-25(18-6-4-3-5-7-18)19-14-17(15-23-16-19)22(26)24-12-13-28-21-10-8-20(27-2)9-11-21/h3-11,14-16H,12-13H2,1-2H3,(H,24,26). The van der Waals surface area contributed by atoms with Crippen molar-refractivity contribution in [3.63, 3.8) is 0 Å². The fourth-order valence-corrected chi connectivity index (χ4v) is 2.64. The molecular weight excluding hydrogens is 354 g/mol. The van der Waals surface area contributed by atoms with E-state index in [1.54, 1.807) is 19.5 Å². The lowest BCUT2D eigenvalue weighted by Crippen LogP contribution is -2.28. The summed E-state index contributed by atoms with van der Waals surface area (Å²) < 4.78 is 10.7. The molecule has 0 unspecified atom stereocenters. The zero-order valence-electron chi connectivity index (χ0n) is 16.0. The molecule has 0 aliphatic heterocycles. The minimum Gasteiger partial charge on any atom is -0.497 e. The molecule has 0 aliphatic carbocycles. The maximum absolute atomic E-state index is 12.4. The molecule has 28 heavy (non-hydrogen) atoms. The first-order chi connectivity index (χ1) is 13.7. The number of nitrogens with one attached hydrogen (secondary N) is 1. The highest BCUT2D eigenvalue weighted by Gasteiger charge is 2.10. The van der Waals surface area contributed by atoms with Gasteiger partial charge in [0.05, 0.1) is 31.1 Å². The minimum atomic E-state index is -0.186. The first-order valence-corrected chi connectivity index (χ1v) is 8.96. The van der Waals surface area contributed by atoms with Crippen LogP contribution in [0.2, 0.25) is 0 Å². The first kappa shape index (κ1) is 19.2. The summed E-state index contributed by atoms with van der Waals surface area (Å²) in [4.78, 5) is 18.6. The van der Waals surface area contributed by atoms with Crippen LogP contribution in [0.25, 0.3) is 0 Å². The van der Waals surface area contributed by atoms with Crippen LogP contribution in [0, 0.1) is 0 Å². The SMILES string of the molecule is COc1ccc(OCCNC(=O)c2cncc(N(C)c3ccccc3)c2)cc1. The van der Waals surface area contributed by atoms with Crippen LogP contribution in [0.3, 0.4) is 0 Å². The number of nitrogens with zero attached hydrogens (tertiary/aromatic N) is 2. The lowest BCUT2D eigenvalue weighted by atomic mass is 10.2. The Kier molecular flexibility index (Phi) is 6.46. The number of para-hydroxylation sites is 1. The van der Waals surface area contributed by atoms with Crippen molar-refractivity contribution in [3.05, 3.63) is 78.6 Å². The van der Waals surface area contributed by atoms with Crippen LogP contribution in [0.1, 0.15) is 10.4 Å². The van der Waals surface area contributed by atoms with Crippen LogP contribution >= 0.6 is 0 Å². The van der Waals surface area contributed by atoms with E-state index in [0.29, 0.717) is 18.7 Å². The van der Waals surface area contributed by atoms with Crippen molar-refractivity contribution in [2.45, 2.75) is 0 Å². The third-order valence-electron chi connectivity index (χ3n) is 4.23. The number of benzene rings is 2. The average Bonchev–Trinajstić information content (AvgIpc) is 2.77. The van der Waals surface area contributed by atoms with E-state index in [4.69, 9.17) is 9.47 Å². The highest BCUT2D eigenvalue weighted by atomic mass is 16.5. The predicted octanol–water partition coefficient (Wildman–Crippen LogP) is 3.67. The lowest BCUT2D eigenvalue weighted by Gasteiger charge is -2.19. The zero-order chi connectivity index (χ0) is 19.8. The molecule has 0 fully saturated rings. The van der Waals surface area contributed by atoms with E-state index >= 15 is 0 Å². The third kappa shape index (κ3) is 5.01. The van der Waals surface area contributed by atoms with Gasteiger partial charge in [0.25, 0.3) is 5.91 Å². The molecule has 144 valence electrons. The monoisotopic (exact) mass is 377 g/mol. The first-order valence-electron chi connectivity index (χ1n) is 8.96. The van der Waals surface area contributed by atoms with Crippen LogP contribution in [0.4, 0.5) is 11.4 Å². The van der Waals surface area contributed by atoms with Gasteiger partial charge in [0, 0.05) is 18.9 Å². The average molecular weight is 377 g/mol. The molecule has 1 heterocycles. The number of hydrogen-bond acceptors (Lipinski definition) is 5. The molecule has 0 bridgehead atoms. The van der Waals surface area contributed by atoms with E-state index in [0.717, 1.165) is 22.9 Å². The largest absolute Gasteiger partial charge is 0.497 e. The van der Waals surface area contributed by atoms with Crippen molar-refractivity contribution in [1.29, 1.82) is 0 Å². The zero-order valence-corrected chi connectivity index (χ0v) is 16.0. The Morgan fingerprint density at radius 1 is 1.00 bits per heavy atom. The Labute approximate surface area is 164 Å². The fraction of sp³-hybridized carbons (Fsp3) is 0.182. The number of pyridine rings is 1. The van der Waals surface area contributed by atoms with Crippen LogP contribution in [-0.2, 0) is 0 Å². The molecule has 3 aromatic rings. The molecule has 0 radical (unpaired) electrons. The Balaban J connectivity index is 1.53. The summed E-state index contributed by atoms with van der Waals surface area (Å²) in [6, 6.07) is 19.0. The normalized spacial score (nSPS) is 10.2. The molecule has 2 aromatic carbocycles. The van der Waals surface area contributed by atoms with Crippen LogP contribution in [0.5, 0.6) is 11.5 Å². The van der Waals surface area contributed by atoms with Crippen molar-refractivity contribution in [2.24, 2.45) is 0 Å². The van der Waals surface area contributed by atoms with E-state index in [9.17, 15) is 4.79 Å². The maximum Gasteiger partial charge on any atom is 0.253 e. The van der Waals surface area contributed by atoms with Gasteiger partial charge in [-0.1, -0.05) is 18.2 Å². The molecule has 6 nitrogen and oxygen atoms in total. The van der Waals surface area contributed by atoms with Gasteiger partial charge >= 0.3 is 0 Å². The van der Waals surface area contributed by atoms with Crippen LogP contribution in [0.15, 0.2) is 73.1 Å². The van der Waals surface area contributed by atoms with Gasteiger partial charge in [-0.15, -0.1) is 0 Å². The predicted molar refractivity (Wildman–Crippen MR) is 110 cm³/mol. The molecule has 1 aromatic heterocycles. The van der Waals surface area contributed by atoms with Gasteiger partial charge in [0.15, 0.2) is 0 Å². The van der Waals surface area contributed by atoms with Gasteiger partial charge < -0.3 is 19.7 Å². The van der Waals surface area contributed by atoms with Gasteiger partial charge in [-0.2, -0.15) is 0 Å². The Bertz CT molecular complexity index is 898. The van der Waals surface area contributed by atoms with E-state index < -0.39 is 0 Å². The summed E-state index contributed by atoms with van der Waals surface area (Å²) in [5.74, 6) is 1.31. The fourth-order valence-electron chi connectivity index (χ4n) is 2.64. The number of anilines is 2. The highest BCUT2D eigenvalue weighted by molar-refractivity contribution is 5.94. The molecule has 0 spiro atoms. The maximum atomic E-state index is 12.4. The Hall–Kier alpha value is -3.54. The van der Waals surface area contributed by atoms with E-state index in [1.807, 2.05) is 72.6 Å². The number of aromatic nitrogens is 1. The van der Waals surface area contributed by atoms with Crippen molar-refractivity contribution >= 4 is 17.3 Å². The molecule has 0 atom stereocenters. The Morgan fingerprint density at radius 3 is 2.43 bits per heavy atom. The second-order valence-corrected chi connectivity index (χ2v) is 6.11. The third-order valence-corrected chi connectivity index (χ3v) is 4.23. The molecule has 0 aliphatic rings. The number of rotatable bonds is 8. The number of carbonyl (C=O) groups is 1. The number of methoxy groups -OCH3 is 1.